The number of likely N-dealkylation sites (N-methyl/N-ethyl adjacent to an activating group) is 1. The Labute approximate surface area is 170 Å². The molecule has 0 rings (SSSR count). The lowest BCUT2D eigenvalue weighted by molar-refractivity contribution is -0.136. The van der Waals surface area contributed by atoms with Crippen LogP contribution in [0.2, 0.25) is 29.2 Å². The lowest BCUT2D eigenvalue weighted by Gasteiger charge is -2.41. The molecule has 0 saturated carbocycles. The molecule has 1 atom stereocenters. The predicted octanol–water partition coefficient (Wildman–Crippen LogP) is 5.17. The van der Waals surface area contributed by atoms with Crippen LogP contribution in [0, 0.1) is 0 Å². The first-order valence-electron chi connectivity index (χ1n) is 10.5. The van der Waals surface area contributed by atoms with Crippen molar-refractivity contribution in [3.05, 3.63) is 0 Å². The van der Waals surface area contributed by atoms with Crippen molar-refractivity contribution in [1.82, 2.24) is 4.90 Å². The predicted molar refractivity (Wildman–Crippen MR) is 119 cm³/mol. The van der Waals surface area contributed by atoms with E-state index in [1.54, 1.807) is 7.11 Å². The highest BCUT2D eigenvalue weighted by Crippen LogP contribution is 2.42. The number of carbonyl (C=O) groups is 1. The smallest absolute Gasteiger partial charge is 0.334 e. The van der Waals surface area contributed by atoms with Gasteiger partial charge in [0.25, 0.3) is 8.32 Å². The fourth-order valence-electron chi connectivity index (χ4n) is 4.10. The van der Waals surface area contributed by atoms with E-state index in [1.807, 2.05) is 7.05 Å². The second-order valence-corrected chi connectivity index (χ2v) is 17.7. The van der Waals surface area contributed by atoms with Crippen LogP contribution >= 0.6 is 0 Å². The first-order valence-corrected chi connectivity index (χ1v) is 15.2. The van der Waals surface area contributed by atoms with Crippen LogP contribution in [0.1, 0.15) is 61.3 Å². The van der Waals surface area contributed by atoms with Crippen molar-refractivity contribution < 1.29 is 18.1 Å². The molecule has 0 aromatic rings. The second kappa shape index (κ2) is 12.4. The third-order valence-corrected chi connectivity index (χ3v) is 14.5. The van der Waals surface area contributed by atoms with Crippen LogP contribution in [0.25, 0.3) is 0 Å². The van der Waals surface area contributed by atoms with Crippen LogP contribution in [-0.4, -0.2) is 61.6 Å². The Bertz CT molecular complexity index is 410. The summed E-state index contributed by atoms with van der Waals surface area (Å²) in [6.07, 6.45) is 1.97. The first kappa shape index (κ1) is 26.8. The van der Waals surface area contributed by atoms with Gasteiger partial charge in [0.15, 0.2) is 0 Å². The molecule has 27 heavy (non-hydrogen) atoms. The second-order valence-electron chi connectivity index (χ2n) is 8.82. The van der Waals surface area contributed by atoms with E-state index in [4.69, 9.17) is 13.3 Å². The molecule has 0 aliphatic rings. The van der Waals surface area contributed by atoms with E-state index >= 15 is 0 Å². The summed E-state index contributed by atoms with van der Waals surface area (Å²) in [5.41, 5.74) is 1.24. The lowest BCUT2D eigenvalue weighted by Crippen LogP contribution is -2.50. The van der Waals surface area contributed by atoms with Crippen LogP contribution in [0.4, 0.5) is 0 Å². The van der Waals surface area contributed by atoms with Crippen molar-refractivity contribution in [3.8, 4) is 0 Å². The number of hydrogen-bond donors (Lipinski definition) is 0. The Morgan fingerprint density at radius 1 is 1.04 bits per heavy atom. The van der Waals surface area contributed by atoms with Crippen molar-refractivity contribution >= 4 is 22.8 Å². The average molecular weight is 420 g/mol. The minimum atomic E-state index is -2.15. The van der Waals surface area contributed by atoms with E-state index in [1.165, 1.54) is 0 Å². The van der Waals surface area contributed by atoms with E-state index in [2.05, 4.69) is 59.9 Å². The van der Waals surface area contributed by atoms with Gasteiger partial charge < -0.3 is 13.3 Å². The first-order chi connectivity index (χ1) is 12.4. The number of hydrogen-bond acceptors (Lipinski definition) is 5. The Hall–Kier alpha value is -0.216. The number of carbonyl (C=O) groups excluding carboxylic acids is 1. The molecule has 1 unspecified atom stereocenters. The minimum Gasteiger partial charge on any atom is -0.517 e. The van der Waals surface area contributed by atoms with Crippen molar-refractivity contribution in [3.63, 3.8) is 0 Å². The molecule has 0 N–H and O–H groups in total. The van der Waals surface area contributed by atoms with Crippen LogP contribution in [0.3, 0.4) is 0 Å². The zero-order valence-electron chi connectivity index (χ0n) is 19.6. The van der Waals surface area contributed by atoms with Gasteiger partial charge in [0, 0.05) is 13.7 Å². The third-order valence-electron chi connectivity index (χ3n) is 5.61. The Kier molecular flexibility index (Phi) is 12.3. The van der Waals surface area contributed by atoms with Crippen LogP contribution in [0.15, 0.2) is 0 Å². The molecule has 0 aromatic heterocycles. The largest absolute Gasteiger partial charge is 0.517 e. The van der Waals surface area contributed by atoms with Gasteiger partial charge >= 0.3 is 14.5 Å². The highest BCUT2D eigenvalue weighted by atomic mass is 28.4. The van der Waals surface area contributed by atoms with Gasteiger partial charge in [-0.25, -0.2) is 0 Å². The lowest BCUT2D eigenvalue weighted by atomic mass is 10.4. The molecular weight excluding hydrogens is 374 g/mol. The van der Waals surface area contributed by atoms with Crippen molar-refractivity contribution in [1.29, 1.82) is 0 Å². The molecule has 0 spiro atoms. The van der Waals surface area contributed by atoms with Gasteiger partial charge in [0.1, 0.15) is 0 Å². The van der Waals surface area contributed by atoms with Gasteiger partial charge in [-0.3, -0.25) is 9.69 Å². The summed E-state index contributed by atoms with van der Waals surface area (Å²) in [4.78, 5) is 14.7. The quantitative estimate of drug-likeness (QED) is 0.363. The summed E-state index contributed by atoms with van der Waals surface area (Å²) in [5.74, 6) is -0.0748. The van der Waals surface area contributed by atoms with Gasteiger partial charge in [-0.1, -0.05) is 48.5 Å². The molecule has 5 nitrogen and oxygen atoms in total. The summed E-state index contributed by atoms with van der Waals surface area (Å²) in [6.45, 7) is 19.4. The molecule has 0 heterocycles. The van der Waals surface area contributed by atoms with Crippen LogP contribution in [0.5, 0.6) is 0 Å². The van der Waals surface area contributed by atoms with E-state index in [-0.39, 0.29) is 5.97 Å². The van der Waals surface area contributed by atoms with E-state index < -0.39 is 16.9 Å². The van der Waals surface area contributed by atoms with Crippen molar-refractivity contribution in [2.45, 2.75) is 90.5 Å². The molecule has 162 valence electrons. The van der Waals surface area contributed by atoms with Gasteiger partial charge in [0.05, 0.1) is 6.54 Å². The highest BCUT2D eigenvalue weighted by Gasteiger charge is 2.48. The molecule has 7 heteroatoms. The Morgan fingerprint density at radius 3 is 1.96 bits per heavy atom. The van der Waals surface area contributed by atoms with Crippen molar-refractivity contribution in [2.24, 2.45) is 0 Å². The van der Waals surface area contributed by atoms with Gasteiger partial charge in [-0.2, -0.15) is 0 Å². The summed E-state index contributed by atoms with van der Waals surface area (Å²) in [7, 11) is -0.483. The fourth-order valence-corrected chi connectivity index (χ4v) is 11.2. The summed E-state index contributed by atoms with van der Waals surface area (Å²) >= 11 is 0. The van der Waals surface area contributed by atoms with E-state index in [0.717, 1.165) is 32.0 Å². The molecular formula is C20H45NO4Si2. The Balaban J connectivity index is 4.65. The fraction of sp³-hybridized carbons (Fsp3) is 0.950. The summed E-state index contributed by atoms with van der Waals surface area (Å²) in [5, 5.41) is 0. The van der Waals surface area contributed by atoms with Crippen molar-refractivity contribution in [2.75, 3.05) is 33.9 Å². The zero-order valence-corrected chi connectivity index (χ0v) is 21.6. The molecule has 0 fully saturated rings. The summed E-state index contributed by atoms with van der Waals surface area (Å²) < 4.78 is 17.8. The Morgan fingerprint density at radius 2 is 1.56 bits per heavy atom. The normalized spacial score (nSPS) is 15.0. The molecule has 0 bridgehead atoms. The van der Waals surface area contributed by atoms with E-state index in [9.17, 15) is 4.79 Å². The zero-order chi connectivity index (χ0) is 21.3. The molecule has 0 amide bonds. The van der Waals surface area contributed by atoms with Gasteiger partial charge in [-0.15, -0.1) is 0 Å². The monoisotopic (exact) mass is 419 g/mol. The van der Waals surface area contributed by atoms with Gasteiger partial charge in [-0.05, 0) is 55.6 Å². The molecule has 0 aliphatic carbocycles. The average Bonchev–Trinajstić information content (AvgIpc) is 2.56. The topological polar surface area (TPSA) is 48.0 Å². The maximum atomic E-state index is 12.7. The van der Waals surface area contributed by atoms with Crippen LogP contribution < -0.4 is 0 Å². The highest BCUT2D eigenvalue weighted by molar-refractivity contribution is 6.78. The minimum absolute atomic E-state index is 0.0748. The molecule has 0 radical (unpaired) electrons. The molecule has 0 aliphatic heterocycles. The SMILES string of the molecule is CCCO[Si](C)(CCCN(C)CC(=O)O[Si](C(C)C)(C(C)C)C(C)C)OC. The van der Waals surface area contributed by atoms with Gasteiger partial charge in [0.2, 0.25) is 0 Å². The maximum absolute atomic E-state index is 12.7. The van der Waals surface area contributed by atoms with Crippen LogP contribution in [-0.2, 0) is 18.1 Å². The number of rotatable bonds is 14. The summed E-state index contributed by atoms with van der Waals surface area (Å²) in [6, 6.07) is 0.936. The maximum Gasteiger partial charge on any atom is 0.334 e. The standard InChI is InChI=1S/C20H45NO4Si2/c1-11-14-24-26(10,23-9)15-12-13-21(8)16-20(22)25-27(17(2)3,18(4)5)19(6)7/h17-19H,11-16H2,1-10H3. The number of nitrogens with zero attached hydrogens (tertiary/aromatic N) is 1. The molecule has 0 saturated heterocycles. The van der Waals surface area contributed by atoms with E-state index in [0.29, 0.717) is 23.2 Å². The molecule has 0 aromatic carbocycles. The third kappa shape index (κ3) is 8.35.